The van der Waals surface area contributed by atoms with Crippen molar-refractivity contribution in [2.24, 2.45) is 0 Å². The van der Waals surface area contributed by atoms with Crippen LogP contribution in [0.3, 0.4) is 0 Å². The highest BCUT2D eigenvalue weighted by Gasteiger charge is 2.34. The molecule has 1 aliphatic rings. The molecule has 1 atom stereocenters. The van der Waals surface area contributed by atoms with Crippen molar-refractivity contribution in [3.05, 3.63) is 0 Å². The van der Waals surface area contributed by atoms with Gasteiger partial charge in [-0.15, -0.1) is 10.2 Å². The number of anilines is 1. The number of hydrogen-bond acceptors (Lipinski definition) is 6. The summed E-state index contributed by atoms with van der Waals surface area (Å²) in [5, 5.41) is 10.7. The van der Waals surface area contributed by atoms with Crippen LogP contribution in [0.25, 0.3) is 0 Å². The Balaban J connectivity index is 2.26. The molecule has 1 unspecified atom stereocenters. The van der Waals surface area contributed by atoms with Crippen molar-refractivity contribution < 1.29 is 13.2 Å². The summed E-state index contributed by atoms with van der Waals surface area (Å²) in [4.78, 5) is 11.0. The van der Waals surface area contributed by atoms with Gasteiger partial charge in [0.05, 0.1) is 0 Å². The van der Waals surface area contributed by atoms with E-state index in [9.17, 15) is 13.2 Å². The minimum absolute atomic E-state index is 0.0642. The fraction of sp³-hybridized carbons (Fsp3) is 0.727. The number of hydrogen-bond donors (Lipinski definition) is 1. The quantitative estimate of drug-likeness (QED) is 0.618. The molecule has 0 radical (unpaired) electrons. The van der Waals surface area contributed by atoms with Gasteiger partial charge in [-0.2, -0.15) is 4.31 Å². The lowest BCUT2D eigenvalue weighted by Crippen LogP contribution is -2.40. The number of nitrogens with one attached hydrogen (secondary N) is 1. The van der Waals surface area contributed by atoms with E-state index in [0.717, 1.165) is 37.0 Å². The van der Waals surface area contributed by atoms with E-state index < -0.39 is 10.0 Å². The molecular formula is C11H17BrN4O3S2. The van der Waals surface area contributed by atoms with Crippen LogP contribution < -0.4 is 5.32 Å². The number of amides is 1. The fourth-order valence-electron chi connectivity index (χ4n) is 2.24. The number of halogens is 1. The number of nitrogens with zero attached hydrogens (tertiary/aromatic N) is 3. The number of carbonyl (C=O) groups is 1. The average Bonchev–Trinajstić information content (AvgIpc) is 2.74. The number of aromatic nitrogens is 2. The molecule has 1 aromatic rings. The maximum Gasteiger partial charge on any atom is 0.272 e. The van der Waals surface area contributed by atoms with Crippen LogP contribution in [0.5, 0.6) is 0 Å². The Bertz CT molecular complexity index is 604. The lowest BCUT2D eigenvalue weighted by atomic mass is 10.1. The maximum atomic E-state index is 12.7. The van der Waals surface area contributed by atoms with Crippen LogP contribution in [-0.4, -0.2) is 46.7 Å². The van der Waals surface area contributed by atoms with E-state index in [1.54, 1.807) is 0 Å². The van der Waals surface area contributed by atoms with E-state index in [1.165, 1.54) is 11.2 Å². The zero-order valence-electron chi connectivity index (χ0n) is 11.6. The third-order valence-corrected chi connectivity index (χ3v) is 7.10. The Morgan fingerprint density at radius 3 is 2.86 bits per heavy atom. The number of alkyl halides is 1. The first-order chi connectivity index (χ1) is 9.95. The molecule has 1 N–H and O–H groups in total. The van der Waals surface area contributed by atoms with Crippen molar-refractivity contribution in [2.45, 2.75) is 43.0 Å². The Kier molecular flexibility index (Phi) is 5.69. The van der Waals surface area contributed by atoms with E-state index in [-0.39, 0.29) is 21.4 Å². The topological polar surface area (TPSA) is 92.3 Å². The van der Waals surface area contributed by atoms with Crippen LogP contribution in [0.2, 0.25) is 0 Å². The van der Waals surface area contributed by atoms with Crippen LogP contribution in [0.15, 0.2) is 4.34 Å². The molecule has 0 aliphatic carbocycles. The zero-order valence-corrected chi connectivity index (χ0v) is 14.8. The number of rotatable bonds is 4. The van der Waals surface area contributed by atoms with Gasteiger partial charge in [0.2, 0.25) is 15.4 Å². The summed E-state index contributed by atoms with van der Waals surface area (Å²) in [7, 11) is -3.66. The standard InChI is InChI=1S/C11H17BrN4O3S2/c1-8(17)13-10-14-15-11(20-10)21(18,19)16-6-4-2-3-5-9(16)7-12/h9H,2-7H2,1H3,(H,13,14,17). The second kappa shape index (κ2) is 7.12. The summed E-state index contributed by atoms with van der Waals surface area (Å²) in [6.07, 6.45) is 3.74. The molecule has 1 amide bonds. The normalized spacial score (nSPS) is 21.0. The second-order valence-electron chi connectivity index (χ2n) is 4.83. The third kappa shape index (κ3) is 3.99. The van der Waals surface area contributed by atoms with Crippen molar-refractivity contribution in [3.63, 3.8) is 0 Å². The van der Waals surface area contributed by atoms with Crippen molar-refractivity contribution in [1.82, 2.24) is 14.5 Å². The Hall–Kier alpha value is -0.580. The van der Waals surface area contributed by atoms with Gasteiger partial charge in [-0.1, -0.05) is 40.1 Å². The third-order valence-electron chi connectivity index (χ3n) is 3.22. The second-order valence-corrected chi connectivity index (χ2v) is 8.52. The van der Waals surface area contributed by atoms with E-state index >= 15 is 0 Å². The van der Waals surface area contributed by atoms with E-state index in [4.69, 9.17) is 0 Å². The molecular weight excluding hydrogens is 380 g/mol. The van der Waals surface area contributed by atoms with Gasteiger partial charge >= 0.3 is 0 Å². The van der Waals surface area contributed by atoms with Crippen molar-refractivity contribution in [2.75, 3.05) is 17.2 Å². The first-order valence-corrected chi connectivity index (χ1v) is 10.0. The number of sulfonamides is 1. The molecule has 2 rings (SSSR count). The predicted octanol–water partition coefficient (Wildman–Crippen LogP) is 1.82. The smallest absolute Gasteiger partial charge is 0.272 e. The molecule has 0 saturated carbocycles. The summed E-state index contributed by atoms with van der Waals surface area (Å²) in [6.45, 7) is 1.83. The van der Waals surface area contributed by atoms with Crippen molar-refractivity contribution in [1.29, 1.82) is 0 Å². The first-order valence-electron chi connectivity index (χ1n) is 6.64. The monoisotopic (exact) mass is 396 g/mol. The summed E-state index contributed by atoms with van der Waals surface area (Å²) < 4.78 is 26.9. The lowest BCUT2D eigenvalue weighted by Gasteiger charge is -2.26. The Labute approximate surface area is 136 Å². The van der Waals surface area contributed by atoms with Crippen LogP contribution in [-0.2, 0) is 14.8 Å². The minimum atomic E-state index is -3.66. The molecule has 21 heavy (non-hydrogen) atoms. The van der Waals surface area contributed by atoms with Crippen LogP contribution in [0, 0.1) is 0 Å². The molecule has 7 nitrogen and oxygen atoms in total. The highest BCUT2D eigenvalue weighted by molar-refractivity contribution is 9.09. The highest BCUT2D eigenvalue weighted by Crippen LogP contribution is 2.28. The maximum absolute atomic E-state index is 12.7. The van der Waals surface area contributed by atoms with Crippen molar-refractivity contribution in [3.8, 4) is 0 Å². The van der Waals surface area contributed by atoms with E-state index in [2.05, 4.69) is 31.4 Å². The Morgan fingerprint density at radius 2 is 2.19 bits per heavy atom. The molecule has 1 saturated heterocycles. The lowest BCUT2D eigenvalue weighted by molar-refractivity contribution is -0.114. The molecule has 0 aromatic carbocycles. The molecule has 10 heteroatoms. The predicted molar refractivity (Wildman–Crippen MR) is 84.2 cm³/mol. The van der Waals surface area contributed by atoms with Gasteiger partial charge in [-0.3, -0.25) is 4.79 Å². The van der Waals surface area contributed by atoms with Gasteiger partial charge in [0.25, 0.3) is 10.0 Å². The SMILES string of the molecule is CC(=O)Nc1nnc(S(=O)(=O)N2CCCCCC2CBr)s1. The first kappa shape index (κ1) is 16.8. The fourth-order valence-corrected chi connectivity index (χ4v) is 5.86. The highest BCUT2D eigenvalue weighted by atomic mass is 79.9. The van der Waals surface area contributed by atoms with Gasteiger partial charge in [0.15, 0.2) is 0 Å². The van der Waals surface area contributed by atoms with Gasteiger partial charge in [-0.25, -0.2) is 8.42 Å². The van der Waals surface area contributed by atoms with Crippen molar-refractivity contribution >= 4 is 48.3 Å². The number of carbonyl (C=O) groups excluding carboxylic acids is 1. The van der Waals surface area contributed by atoms with Gasteiger partial charge in [0.1, 0.15) is 0 Å². The summed E-state index contributed by atoms with van der Waals surface area (Å²) in [5.41, 5.74) is 0. The van der Waals surface area contributed by atoms with Gasteiger partial charge in [0, 0.05) is 24.8 Å². The molecule has 1 aliphatic heterocycles. The molecule has 0 bridgehead atoms. The molecule has 1 fully saturated rings. The summed E-state index contributed by atoms with van der Waals surface area (Å²) in [6, 6.07) is -0.0642. The van der Waals surface area contributed by atoms with Crippen LogP contribution in [0.4, 0.5) is 5.13 Å². The van der Waals surface area contributed by atoms with E-state index in [0.29, 0.717) is 11.9 Å². The molecule has 2 heterocycles. The largest absolute Gasteiger partial charge is 0.301 e. The van der Waals surface area contributed by atoms with Crippen LogP contribution in [0.1, 0.15) is 32.6 Å². The Morgan fingerprint density at radius 1 is 1.43 bits per heavy atom. The van der Waals surface area contributed by atoms with E-state index in [1.807, 2.05) is 0 Å². The van der Waals surface area contributed by atoms with Gasteiger partial charge < -0.3 is 5.32 Å². The molecule has 1 aromatic heterocycles. The van der Waals surface area contributed by atoms with Crippen LogP contribution >= 0.6 is 27.3 Å². The zero-order chi connectivity index (χ0) is 15.5. The molecule has 118 valence electrons. The average molecular weight is 397 g/mol. The molecule has 0 spiro atoms. The van der Waals surface area contributed by atoms with Gasteiger partial charge in [-0.05, 0) is 12.8 Å². The summed E-state index contributed by atoms with van der Waals surface area (Å²) in [5.74, 6) is -0.303. The minimum Gasteiger partial charge on any atom is -0.301 e. The summed E-state index contributed by atoms with van der Waals surface area (Å²) >= 11 is 4.28.